The molecule has 2 fully saturated rings. The molecule has 97 heavy (non-hydrogen) atoms. The van der Waals surface area contributed by atoms with Gasteiger partial charge >= 0.3 is 0 Å². The van der Waals surface area contributed by atoms with Crippen molar-refractivity contribution in [1.82, 2.24) is 63.0 Å². The van der Waals surface area contributed by atoms with E-state index in [0.29, 0.717) is 12.8 Å². The fraction of sp³-hybridized carbons (Fsp3) is 0.781. The SMILES string of the molecule is CCCCCCC[C@@H]1CC(=O)N[C@@H](C(C)C)C(=O)N[C@H]([C@@H](O)C(C)C)C(=O)N[C@@H](C)C(=O)N[C@H]([C@@H](O)C(C)C)C(=O)N[C@@H](CCC(N)=O)C(=O)N(C)[C@@H]([C@@H](C)CC)C(=O)N[C@H](CC(N)=O)C(=O)N[C@H]([C@H](C)O)C(=O)N2C[C@H](O)C[C@H]2C(=O)N[C@H](C(C)C)C(=O)N[C@@H]([C@@H](C)O)C(=O)N1. The molecule has 2 saturated heterocycles. The van der Waals surface area contributed by atoms with E-state index in [-0.39, 0.29) is 12.8 Å². The van der Waals surface area contributed by atoms with E-state index >= 15 is 0 Å². The zero-order valence-electron chi connectivity index (χ0n) is 58.9. The van der Waals surface area contributed by atoms with E-state index in [1.165, 1.54) is 62.3 Å². The Bertz CT molecular complexity index is 2730. The van der Waals surface area contributed by atoms with Crippen LogP contribution in [0.15, 0.2) is 0 Å². The lowest BCUT2D eigenvalue weighted by Gasteiger charge is -2.36. The topological polar surface area (TPSA) is 519 Å². The summed E-state index contributed by atoms with van der Waals surface area (Å²) in [4.78, 5) is 199. The molecule has 2 aliphatic rings. The van der Waals surface area contributed by atoms with Gasteiger partial charge < -0.3 is 100.0 Å². The van der Waals surface area contributed by atoms with Crippen molar-refractivity contribution < 1.29 is 92.7 Å². The summed E-state index contributed by atoms with van der Waals surface area (Å²) in [6.45, 7) is 20.4. The minimum Gasteiger partial charge on any atom is -0.391 e. The van der Waals surface area contributed by atoms with Crippen LogP contribution in [-0.4, -0.2) is 235 Å². The second-order valence-corrected chi connectivity index (χ2v) is 27.2. The van der Waals surface area contributed by atoms with Gasteiger partial charge in [0.15, 0.2) is 0 Å². The number of nitrogens with zero attached hydrogens (tertiary/aromatic N) is 2. The summed E-state index contributed by atoms with van der Waals surface area (Å²) in [7, 11) is 1.15. The lowest BCUT2D eigenvalue weighted by atomic mass is 9.95. The highest BCUT2D eigenvalue weighted by atomic mass is 16.3. The summed E-state index contributed by atoms with van der Waals surface area (Å²) in [5, 5.41) is 80.8. The lowest BCUT2D eigenvalue weighted by Crippen LogP contribution is -2.64. The molecule has 2 aliphatic heterocycles. The summed E-state index contributed by atoms with van der Waals surface area (Å²) < 4.78 is 0. The van der Waals surface area contributed by atoms with Crippen molar-refractivity contribution in [3.63, 3.8) is 0 Å². The molecule has 19 N–H and O–H groups in total. The van der Waals surface area contributed by atoms with Crippen molar-refractivity contribution in [2.24, 2.45) is 41.1 Å². The standard InChI is InChI=1S/C64H112N14O19/c1-16-18-19-20-21-22-37-25-44(84)71-45(29(3)4)57(90)76-49(52(85)31(7)8)60(93)67-34(12)54(87)75-50(53(86)32(9)10)61(94)69-39(23-24-42(65)82)63(96)77(15)51(33(11)17-2)62(95)70-40(27-43(66)83)55(88)74-48(36(14)80)64(97)78-28-38(81)26-41(78)56(89)72-46(30(5)6)58(91)73-47(35(13)79)59(92)68-37/h29-41,45-53,79-81,85-86H,16-28H2,1-15H3,(H2,65,82)(H2,66,83)(H,67,93)(H,68,92)(H,69,94)(H,70,95)(H,71,84)(H,72,89)(H,73,91)(H,74,88)(H,75,87)(H,76,90)/t33-,34-,35+,36-,37+,38+,39-,40+,41-,45-,46+,47-,48+,49+,50+,51-,52-,53-/m0/s1. The minimum atomic E-state index is -1.97. The number of primary amides is 2. The van der Waals surface area contributed by atoms with Gasteiger partial charge in [-0.05, 0) is 63.2 Å². The Hall–Kier alpha value is -7.62. The van der Waals surface area contributed by atoms with E-state index in [0.717, 1.165) is 43.0 Å². The number of carbonyl (C=O) groups is 14. The van der Waals surface area contributed by atoms with Gasteiger partial charge in [-0.15, -0.1) is 0 Å². The van der Waals surface area contributed by atoms with E-state index in [4.69, 9.17) is 11.5 Å². The minimum absolute atomic E-state index is 0.154. The molecule has 0 aromatic heterocycles. The molecule has 33 nitrogen and oxygen atoms in total. The van der Waals surface area contributed by atoms with Crippen LogP contribution in [0.4, 0.5) is 0 Å². The van der Waals surface area contributed by atoms with Gasteiger partial charge in [0.1, 0.15) is 66.5 Å². The van der Waals surface area contributed by atoms with Gasteiger partial charge in [0.05, 0.1) is 36.9 Å². The maximum atomic E-state index is 14.7. The molecule has 2 rings (SSSR count). The Kier molecular flexibility index (Phi) is 35.5. The first kappa shape index (κ1) is 85.5. The number of fused-ring (bicyclic) bond motifs is 1. The smallest absolute Gasteiger partial charge is 0.248 e. The van der Waals surface area contributed by atoms with Crippen LogP contribution in [0.5, 0.6) is 0 Å². The van der Waals surface area contributed by atoms with Crippen LogP contribution in [-0.2, 0) is 67.1 Å². The summed E-state index contributed by atoms with van der Waals surface area (Å²) >= 11 is 0. The average Bonchev–Trinajstić information content (AvgIpc) is 1.78. The first-order valence-electron chi connectivity index (χ1n) is 33.7. The van der Waals surface area contributed by atoms with Crippen LogP contribution in [0.1, 0.15) is 174 Å². The van der Waals surface area contributed by atoms with Crippen LogP contribution in [0, 0.1) is 29.6 Å². The number of aliphatic hydroxyl groups excluding tert-OH is 5. The molecule has 14 amide bonds. The summed E-state index contributed by atoms with van der Waals surface area (Å²) in [5.41, 5.74) is 11.1. The summed E-state index contributed by atoms with van der Waals surface area (Å²) in [6.07, 6.45) is -6.85. The Morgan fingerprint density at radius 1 is 0.505 bits per heavy atom. The first-order chi connectivity index (χ1) is 45.1. The van der Waals surface area contributed by atoms with Crippen LogP contribution < -0.4 is 64.6 Å². The number of aliphatic hydroxyl groups is 5. The van der Waals surface area contributed by atoms with Crippen molar-refractivity contribution in [2.75, 3.05) is 13.6 Å². The van der Waals surface area contributed by atoms with Gasteiger partial charge in [0, 0.05) is 38.9 Å². The maximum Gasteiger partial charge on any atom is 0.248 e. The van der Waals surface area contributed by atoms with Gasteiger partial charge in [0.2, 0.25) is 82.7 Å². The molecule has 33 heteroatoms. The van der Waals surface area contributed by atoms with Crippen LogP contribution in [0.2, 0.25) is 0 Å². The average molecular weight is 1380 g/mol. The fourth-order valence-corrected chi connectivity index (χ4v) is 11.2. The highest BCUT2D eigenvalue weighted by Gasteiger charge is 2.46. The van der Waals surface area contributed by atoms with Gasteiger partial charge in [-0.1, -0.05) is 115 Å². The van der Waals surface area contributed by atoms with E-state index in [9.17, 15) is 92.7 Å². The number of unbranched alkanes of at least 4 members (excludes halogenated alkanes) is 4. The number of rotatable bonds is 21. The number of amides is 14. The fourth-order valence-electron chi connectivity index (χ4n) is 11.2. The molecule has 0 spiro atoms. The normalized spacial score (nSPS) is 28.5. The van der Waals surface area contributed by atoms with Crippen molar-refractivity contribution in [2.45, 2.75) is 277 Å². The maximum absolute atomic E-state index is 14.7. The second-order valence-electron chi connectivity index (χ2n) is 27.2. The number of nitrogens with one attached hydrogen (secondary N) is 10. The van der Waals surface area contributed by atoms with Crippen LogP contribution >= 0.6 is 0 Å². The van der Waals surface area contributed by atoms with Crippen LogP contribution in [0.3, 0.4) is 0 Å². The molecule has 0 unspecified atom stereocenters. The zero-order valence-corrected chi connectivity index (χ0v) is 58.9. The third-order valence-electron chi connectivity index (χ3n) is 17.4. The molecular formula is C64H112N14O19. The summed E-state index contributed by atoms with van der Waals surface area (Å²) in [6, 6.07) is -19.7. The van der Waals surface area contributed by atoms with E-state index in [1.54, 1.807) is 20.8 Å². The Morgan fingerprint density at radius 3 is 1.46 bits per heavy atom. The molecule has 0 aromatic rings. The number of nitrogens with two attached hydrogens (primary N) is 2. The van der Waals surface area contributed by atoms with Gasteiger partial charge in [-0.2, -0.15) is 0 Å². The Morgan fingerprint density at radius 2 is 0.969 bits per heavy atom. The van der Waals surface area contributed by atoms with Gasteiger partial charge in [0.25, 0.3) is 0 Å². The van der Waals surface area contributed by atoms with E-state index in [1.807, 2.05) is 6.92 Å². The first-order valence-corrected chi connectivity index (χ1v) is 33.7. The molecule has 552 valence electrons. The molecule has 0 saturated carbocycles. The molecule has 0 bridgehead atoms. The third-order valence-corrected chi connectivity index (χ3v) is 17.4. The number of carbonyl (C=O) groups excluding carboxylic acids is 14. The van der Waals surface area contributed by atoms with Gasteiger partial charge in [-0.3, -0.25) is 67.1 Å². The number of likely N-dealkylation sites (N-methyl/N-ethyl adjacent to an activating group) is 1. The molecule has 0 radical (unpaired) electrons. The quantitative estimate of drug-likeness (QED) is 0.0484. The van der Waals surface area contributed by atoms with Crippen molar-refractivity contribution in [3.8, 4) is 0 Å². The van der Waals surface area contributed by atoms with Crippen molar-refractivity contribution in [1.29, 1.82) is 0 Å². The third kappa shape index (κ3) is 26.3. The van der Waals surface area contributed by atoms with Crippen LogP contribution in [0.25, 0.3) is 0 Å². The molecule has 0 aliphatic carbocycles. The molecule has 18 atom stereocenters. The largest absolute Gasteiger partial charge is 0.391 e. The predicted octanol–water partition coefficient (Wildman–Crippen LogP) is -4.30. The highest BCUT2D eigenvalue weighted by Crippen LogP contribution is 2.23. The Labute approximate surface area is 568 Å². The van der Waals surface area contributed by atoms with Crippen molar-refractivity contribution in [3.05, 3.63) is 0 Å². The van der Waals surface area contributed by atoms with Crippen molar-refractivity contribution >= 4 is 82.7 Å². The van der Waals surface area contributed by atoms with Gasteiger partial charge in [-0.25, -0.2) is 0 Å². The van der Waals surface area contributed by atoms with E-state index < -0.39 is 254 Å². The Balaban J connectivity index is 2.96. The monoisotopic (exact) mass is 1380 g/mol. The molecule has 0 aromatic carbocycles. The lowest BCUT2D eigenvalue weighted by molar-refractivity contribution is -0.146. The number of hydrogen-bond acceptors (Lipinski definition) is 19. The summed E-state index contributed by atoms with van der Waals surface area (Å²) in [5.74, 6) is -18.5. The zero-order chi connectivity index (χ0) is 74.2. The highest BCUT2D eigenvalue weighted by molar-refractivity contribution is 6.01. The van der Waals surface area contributed by atoms with E-state index in [2.05, 4.69) is 53.2 Å². The molecule has 2 heterocycles. The predicted molar refractivity (Wildman–Crippen MR) is 352 cm³/mol. The molecular weight excluding hydrogens is 1270 g/mol. The second kappa shape index (κ2) is 40.3. The number of hydrogen-bond donors (Lipinski definition) is 17.